The van der Waals surface area contributed by atoms with E-state index in [9.17, 15) is 4.21 Å². The fourth-order valence-electron chi connectivity index (χ4n) is 2.60. The van der Waals surface area contributed by atoms with Gasteiger partial charge < -0.3 is 15.5 Å². The number of hydrogen-bond donors (Lipinski definition) is 2. The maximum absolute atomic E-state index is 12.0. The van der Waals surface area contributed by atoms with Gasteiger partial charge in [-0.1, -0.05) is 13.3 Å². The van der Waals surface area contributed by atoms with Crippen molar-refractivity contribution in [3.05, 3.63) is 0 Å². The summed E-state index contributed by atoms with van der Waals surface area (Å²) in [6, 6.07) is 0.378. The van der Waals surface area contributed by atoms with Gasteiger partial charge in [-0.3, -0.25) is 9.20 Å². The molecule has 1 aliphatic rings. The molecule has 0 radical (unpaired) electrons. The van der Waals surface area contributed by atoms with Crippen LogP contribution in [0.25, 0.3) is 0 Å². The summed E-state index contributed by atoms with van der Waals surface area (Å²) in [4.78, 5) is 6.54. The molecule has 0 spiro atoms. The van der Waals surface area contributed by atoms with Crippen LogP contribution < -0.4 is 10.6 Å². The van der Waals surface area contributed by atoms with E-state index in [0.29, 0.717) is 11.3 Å². The van der Waals surface area contributed by atoms with E-state index in [1.165, 1.54) is 0 Å². The lowest BCUT2D eigenvalue weighted by Gasteiger charge is -2.34. The standard InChI is InChI=1S/C16H34N4OS.HI/c1-7-22(21)14-10-8-9-13(11-14)19-15(17-4)18-12-16(2,3)20(5)6;/h13-14H,7-12H2,1-6H3,(H2,17,18,19);1H. The molecule has 3 atom stereocenters. The first kappa shape index (κ1) is 23.1. The zero-order valence-electron chi connectivity index (χ0n) is 15.5. The minimum Gasteiger partial charge on any atom is -0.355 e. The molecule has 0 heterocycles. The predicted molar refractivity (Wildman–Crippen MR) is 112 cm³/mol. The molecular formula is C16H35IN4OS. The SMILES string of the molecule is CCS(=O)C1CCCC(NC(=NC)NCC(C)(C)N(C)C)C1.I. The first-order valence-corrected chi connectivity index (χ1v) is 9.70. The molecule has 0 aromatic heterocycles. The van der Waals surface area contributed by atoms with Crippen LogP contribution in [0.3, 0.4) is 0 Å². The Kier molecular flexibility index (Phi) is 10.9. The average molecular weight is 458 g/mol. The highest BCUT2D eigenvalue weighted by Gasteiger charge is 2.26. The van der Waals surface area contributed by atoms with Gasteiger partial charge in [0.15, 0.2) is 5.96 Å². The molecule has 1 aliphatic carbocycles. The summed E-state index contributed by atoms with van der Waals surface area (Å²) < 4.78 is 12.0. The zero-order chi connectivity index (χ0) is 16.8. The second kappa shape index (κ2) is 10.9. The molecule has 138 valence electrons. The van der Waals surface area contributed by atoms with Crippen LogP contribution in [0.1, 0.15) is 46.5 Å². The third-order valence-electron chi connectivity index (χ3n) is 4.75. The first-order chi connectivity index (χ1) is 10.3. The van der Waals surface area contributed by atoms with E-state index in [-0.39, 0.29) is 29.5 Å². The van der Waals surface area contributed by atoms with Crippen LogP contribution in [0.15, 0.2) is 4.99 Å². The summed E-state index contributed by atoms with van der Waals surface area (Å²) in [5, 5.41) is 7.27. The van der Waals surface area contributed by atoms with Crippen LogP contribution in [0.4, 0.5) is 0 Å². The van der Waals surface area contributed by atoms with E-state index in [2.05, 4.69) is 48.5 Å². The maximum atomic E-state index is 12.0. The van der Waals surface area contributed by atoms with Gasteiger partial charge in [-0.15, -0.1) is 24.0 Å². The highest BCUT2D eigenvalue weighted by atomic mass is 127. The van der Waals surface area contributed by atoms with E-state index in [1.807, 2.05) is 14.0 Å². The number of nitrogens with zero attached hydrogens (tertiary/aromatic N) is 2. The number of guanidine groups is 1. The fraction of sp³-hybridized carbons (Fsp3) is 0.938. The van der Waals surface area contributed by atoms with Crippen molar-refractivity contribution in [2.45, 2.75) is 63.3 Å². The normalized spacial score (nSPS) is 24.0. The zero-order valence-corrected chi connectivity index (χ0v) is 18.7. The van der Waals surface area contributed by atoms with Gasteiger partial charge >= 0.3 is 0 Å². The lowest BCUT2D eigenvalue weighted by atomic mass is 9.95. The van der Waals surface area contributed by atoms with Crippen LogP contribution in [-0.2, 0) is 10.8 Å². The molecular weight excluding hydrogens is 423 g/mol. The fourth-order valence-corrected chi connectivity index (χ4v) is 3.94. The van der Waals surface area contributed by atoms with Gasteiger partial charge in [-0.05, 0) is 47.2 Å². The minimum atomic E-state index is -0.682. The van der Waals surface area contributed by atoms with E-state index < -0.39 is 10.8 Å². The molecule has 0 aliphatic heterocycles. The molecule has 0 aromatic carbocycles. The minimum absolute atomic E-state index is 0. The molecule has 23 heavy (non-hydrogen) atoms. The Bertz CT molecular complexity index is 402. The quantitative estimate of drug-likeness (QED) is 0.364. The number of hydrogen-bond acceptors (Lipinski definition) is 3. The predicted octanol–water partition coefficient (Wildman–Crippen LogP) is 2.19. The van der Waals surface area contributed by atoms with Crippen molar-refractivity contribution in [2.75, 3.05) is 33.4 Å². The van der Waals surface area contributed by atoms with Gasteiger partial charge in [0.2, 0.25) is 0 Å². The summed E-state index contributed by atoms with van der Waals surface area (Å²) in [7, 11) is 5.30. The van der Waals surface area contributed by atoms with Crippen molar-refractivity contribution in [1.82, 2.24) is 15.5 Å². The molecule has 1 saturated carbocycles. The number of aliphatic imine (C=N–C) groups is 1. The van der Waals surface area contributed by atoms with E-state index in [1.54, 1.807) is 0 Å². The Morgan fingerprint density at radius 3 is 2.52 bits per heavy atom. The number of nitrogens with one attached hydrogen (secondary N) is 2. The van der Waals surface area contributed by atoms with Crippen LogP contribution in [-0.4, -0.2) is 65.3 Å². The van der Waals surface area contributed by atoms with Gasteiger partial charge in [0.1, 0.15) is 0 Å². The van der Waals surface area contributed by atoms with Crippen molar-refractivity contribution in [3.8, 4) is 0 Å². The van der Waals surface area contributed by atoms with E-state index in [0.717, 1.165) is 43.9 Å². The molecule has 2 N–H and O–H groups in total. The van der Waals surface area contributed by atoms with Gasteiger partial charge in [-0.25, -0.2) is 0 Å². The van der Waals surface area contributed by atoms with Crippen molar-refractivity contribution in [1.29, 1.82) is 0 Å². The molecule has 7 heteroatoms. The van der Waals surface area contributed by atoms with Crippen molar-refractivity contribution < 1.29 is 4.21 Å². The van der Waals surface area contributed by atoms with Crippen molar-refractivity contribution in [2.24, 2.45) is 4.99 Å². The smallest absolute Gasteiger partial charge is 0.191 e. The lowest BCUT2D eigenvalue weighted by molar-refractivity contribution is 0.197. The number of likely N-dealkylation sites (N-methyl/N-ethyl adjacent to an activating group) is 1. The molecule has 5 nitrogen and oxygen atoms in total. The Morgan fingerprint density at radius 2 is 2.00 bits per heavy atom. The molecule has 0 aromatic rings. The van der Waals surface area contributed by atoms with E-state index in [4.69, 9.17) is 0 Å². The summed E-state index contributed by atoms with van der Waals surface area (Å²) >= 11 is 0. The molecule has 3 unspecified atom stereocenters. The lowest BCUT2D eigenvalue weighted by Crippen LogP contribution is -2.53. The third kappa shape index (κ3) is 7.69. The summed E-state index contributed by atoms with van der Waals surface area (Å²) in [6.07, 6.45) is 4.36. The largest absolute Gasteiger partial charge is 0.355 e. The van der Waals surface area contributed by atoms with Gasteiger partial charge in [0.05, 0.1) is 0 Å². The highest BCUT2D eigenvalue weighted by molar-refractivity contribution is 14.0. The first-order valence-electron chi connectivity index (χ1n) is 8.32. The third-order valence-corrected chi connectivity index (χ3v) is 6.49. The van der Waals surface area contributed by atoms with Gasteiger partial charge in [0, 0.05) is 47.0 Å². The molecule has 1 rings (SSSR count). The summed E-state index contributed by atoms with van der Waals surface area (Å²) in [5.74, 6) is 1.62. The average Bonchev–Trinajstić information content (AvgIpc) is 2.50. The van der Waals surface area contributed by atoms with Crippen LogP contribution in [0.2, 0.25) is 0 Å². The Balaban J connectivity index is 0.00000484. The molecule has 0 bridgehead atoms. The monoisotopic (exact) mass is 458 g/mol. The highest BCUT2D eigenvalue weighted by Crippen LogP contribution is 2.23. The van der Waals surface area contributed by atoms with Crippen molar-refractivity contribution in [3.63, 3.8) is 0 Å². The maximum Gasteiger partial charge on any atom is 0.191 e. The molecule has 0 saturated heterocycles. The van der Waals surface area contributed by atoms with Gasteiger partial charge in [-0.2, -0.15) is 0 Å². The van der Waals surface area contributed by atoms with Crippen LogP contribution in [0, 0.1) is 0 Å². The second-order valence-corrected chi connectivity index (χ2v) is 8.94. The van der Waals surface area contributed by atoms with E-state index >= 15 is 0 Å². The molecule has 1 fully saturated rings. The molecule has 0 amide bonds. The Hall–Kier alpha value is 0.110. The van der Waals surface area contributed by atoms with Gasteiger partial charge in [0.25, 0.3) is 0 Å². The number of rotatable bonds is 6. The summed E-state index contributed by atoms with van der Waals surface area (Å²) in [5.41, 5.74) is 0.0659. The summed E-state index contributed by atoms with van der Waals surface area (Å²) in [6.45, 7) is 7.25. The topological polar surface area (TPSA) is 56.7 Å². The second-order valence-electron chi connectivity index (χ2n) is 6.93. The number of halogens is 1. The Morgan fingerprint density at radius 1 is 1.35 bits per heavy atom. The van der Waals surface area contributed by atoms with Crippen molar-refractivity contribution >= 4 is 40.7 Å². The van der Waals surface area contributed by atoms with Crippen LogP contribution in [0.5, 0.6) is 0 Å². The van der Waals surface area contributed by atoms with Crippen LogP contribution >= 0.6 is 24.0 Å². The Labute approximate surface area is 161 Å².